The van der Waals surface area contributed by atoms with E-state index in [1.165, 1.54) is 6.92 Å². The molecule has 2 amide bonds. The number of imide groups is 1. The lowest BCUT2D eigenvalue weighted by atomic mass is 10.1. The average Bonchev–Trinajstić information content (AvgIpc) is 2.65. The molecule has 7 heteroatoms. The zero-order valence-electron chi connectivity index (χ0n) is 9.91. The van der Waals surface area contributed by atoms with E-state index in [1.807, 2.05) is 0 Å². The van der Waals surface area contributed by atoms with Crippen LogP contribution in [0.5, 0.6) is 0 Å². The lowest BCUT2D eigenvalue weighted by Crippen LogP contribution is -2.32. The molecule has 1 aromatic carbocycles. The van der Waals surface area contributed by atoms with Gasteiger partial charge >= 0.3 is 5.97 Å². The second-order valence-electron chi connectivity index (χ2n) is 4.04. The summed E-state index contributed by atoms with van der Waals surface area (Å²) < 4.78 is 26.8. The number of halogens is 2. The van der Waals surface area contributed by atoms with Crippen LogP contribution < -0.4 is 0 Å². The monoisotopic (exact) mass is 269 g/mol. The first-order chi connectivity index (χ1) is 8.90. The van der Waals surface area contributed by atoms with E-state index in [0.29, 0.717) is 6.07 Å². The number of carbonyl (C=O) groups is 3. The van der Waals surface area contributed by atoms with Crippen LogP contribution in [0.1, 0.15) is 28.8 Å². The first-order valence-electron chi connectivity index (χ1n) is 5.44. The molecule has 0 bridgehead atoms. The van der Waals surface area contributed by atoms with Crippen LogP contribution in [-0.4, -0.2) is 22.8 Å². The van der Waals surface area contributed by atoms with Gasteiger partial charge in [0.1, 0.15) is 17.2 Å². The predicted octanol–water partition coefficient (Wildman–Crippen LogP) is 1.49. The maximum atomic E-state index is 13.5. The van der Waals surface area contributed by atoms with Gasteiger partial charge in [-0.3, -0.25) is 9.59 Å². The van der Waals surface area contributed by atoms with E-state index >= 15 is 0 Å². The second-order valence-corrected chi connectivity index (χ2v) is 4.04. The Morgan fingerprint density at radius 3 is 2.32 bits per heavy atom. The van der Waals surface area contributed by atoms with Gasteiger partial charge < -0.3 is 4.84 Å². The topological polar surface area (TPSA) is 63.7 Å². The SMILES string of the molecule is Cc1cc(F)c(C(=O)ON2C(=O)CCC2=O)cc1F. The van der Waals surface area contributed by atoms with E-state index in [-0.39, 0.29) is 23.5 Å². The molecule has 0 aliphatic carbocycles. The highest BCUT2D eigenvalue weighted by atomic mass is 19.1. The van der Waals surface area contributed by atoms with Crippen molar-refractivity contribution in [2.24, 2.45) is 0 Å². The normalized spacial score (nSPS) is 15.0. The highest BCUT2D eigenvalue weighted by molar-refractivity contribution is 6.02. The van der Waals surface area contributed by atoms with Crippen LogP contribution in [-0.2, 0) is 14.4 Å². The van der Waals surface area contributed by atoms with E-state index in [2.05, 4.69) is 4.84 Å². The molecule has 0 spiro atoms. The Kier molecular flexibility index (Phi) is 3.28. The third-order valence-corrected chi connectivity index (χ3v) is 2.65. The summed E-state index contributed by atoms with van der Waals surface area (Å²) in [6, 6.07) is 1.50. The molecule has 0 aromatic heterocycles. The van der Waals surface area contributed by atoms with E-state index in [0.717, 1.165) is 6.07 Å². The summed E-state index contributed by atoms with van der Waals surface area (Å²) in [6.07, 6.45) is -0.145. The van der Waals surface area contributed by atoms with Gasteiger partial charge in [-0.2, -0.15) is 0 Å². The Morgan fingerprint density at radius 1 is 1.16 bits per heavy atom. The molecule has 100 valence electrons. The fourth-order valence-corrected chi connectivity index (χ4v) is 1.59. The van der Waals surface area contributed by atoms with Crippen LogP contribution in [0.15, 0.2) is 12.1 Å². The molecule has 1 aliphatic rings. The van der Waals surface area contributed by atoms with Crippen molar-refractivity contribution in [3.05, 3.63) is 34.9 Å². The molecule has 1 fully saturated rings. The smallest absolute Gasteiger partial charge is 0.325 e. The quantitative estimate of drug-likeness (QED) is 0.763. The van der Waals surface area contributed by atoms with Crippen molar-refractivity contribution in [2.45, 2.75) is 19.8 Å². The van der Waals surface area contributed by atoms with Crippen molar-refractivity contribution >= 4 is 17.8 Å². The molecular weight excluding hydrogens is 260 g/mol. The average molecular weight is 269 g/mol. The molecule has 2 rings (SSSR count). The van der Waals surface area contributed by atoms with Crippen molar-refractivity contribution in [3.63, 3.8) is 0 Å². The van der Waals surface area contributed by atoms with Gasteiger partial charge in [0.05, 0.1) is 0 Å². The largest absolute Gasteiger partial charge is 0.366 e. The summed E-state index contributed by atoms with van der Waals surface area (Å²) in [7, 11) is 0. The molecule has 0 atom stereocenters. The third kappa shape index (κ3) is 2.44. The Bertz CT molecular complexity index is 569. The third-order valence-electron chi connectivity index (χ3n) is 2.65. The van der Waals surface area contributed by atoms with E-state index in [4.69, 9.17) is 0 Å². The number of hydrogen-bond donors (Lipinski definition) is 0. The first-order valence-corrected chi connectivity index (χ1v) is 5.44. The van der Waals surface area contributed by atoms with Gasteiger partial charge in [0, 0.05) is 12.8 Å². The second kappa shape index (κ2) is 4.75. The van der Waals surface area contributed by atoms with Crippen molar-refractivity contribution in [3.8, 4) is 0 Å². The van der Waals surface area contributed by atoms with E-state index < -0.39 is 35.0 Å². The molecule has 0 saturated carbocycles. The lowest BCUT2D eigenvalue weighted by molar-refractivity contribution is -0.172. The molecule has 1 aromatic rings. The number of amides is 2. The molecule has 5 nitrogen and oxygen atoms in total. The highest BCUT2D eigenvalue weighted by Gasteiger charge is 2.33. The van der Waals surface area contributed by atoms with Gasteiger partial charge in [-0.1, -0.05) is 0 Å². The molecule has 1 saturated heterocycles. The maximum absolute atomic E-state index is 13.5. The summed E-state index contributed by atoms with van der Waals surface area (Å²) in [4.78, 5) is 38.5. The number of nitrogens with zero attached hydrogens (tertiary/aromatic N) is 1. The molecule has 19 heavy (non-hydrogen) atoms. The maximum Gasteiger partial charge on any atom is 0.366 e. The molecule has 1 aliphatic heterocycles. The van der Waals surface area contributed by atoms with Gasteiger partial charge in [0.25, 0.3) is 11.8 Å². The molecule has 0 N–H and O–H groups in total. The lowest BCUT2D eigenvalue weighted by Gasteiger charge is -2.13. The van der Waals surface area contributed by atoms with Crippen molar-refractivity contribution in [1.82, 2.24) is 5.06 Å². The minimum Gasteiger partial charge on any atom is -0.325 e. The molecule has 0 radical (unpaired) electrons. The van der Waals surface area contributed by atoms with Gasteiger partial charge in [0.2, 0.25) is 0 Å². The van der Waals surface area contributed by atoms with Crippen LogP contribution in [0.25, 0.3) is 0 Å². The van der Waals surface area contributed by atoms with Crippen LogP contribution >= 0.6 is 0 Å². The number of carbonyl (C=O) groups excluding carboxylic acids is 3. The molecular formula is C12H9F2NO4. The van der Waals surface area contributed by atoms with Gasteiger partial charge in [0.15, 0.2) is 0 Å². The summed E-state index contributed by atoms with van der Waals surface area (Å²) in [5.74, 6) is -4.44. The Labute approximate surface area is 106 Å². The van der Waals surface area contributed by atoms with E-state index in [1.54, 1.807) is 0 Å². The van der Waals surface area contributed by atoms with E-state index in [9.17, 15) is 23.2 Å². The van der Waals surface area contributed by atoms with Crippen LogP contribution in [0.4, 0.5) is 8.78 Å². The van der Waals surface area contributed by atoms with Crippen molar-refractivity contribution in [1.29, 1.82) is 0 Å². The number of hydroxylamine groups is 2. The summed E-state index contributed by atoms with van der Waals surface area (Å²) >= 11 is 0. The number of benzene rings is 1. The highest BCUT2D eigenvalue weighted by Crippen LogP contribution is 2.18. The summed E-state index contributed by atoms with van der Waals surface area (Å²) in [5.41, 5.74) is -0.641. The Balaban J connectivity index is 2.23. The van der Waals surface area contributed by atoms with Crippen molar-refractivity contribution in [2.75, 3.05) is 0 Å². The zero-order chi connectivity index (χ0) is 14.2. The zero-order valence-corrected chi connectivity index (χ0v) is 9.91. The molecule has 1 heterocycles. The fraction of sp³-hybridized carbons (Fsp3) is 0.250. The number of rotatable bonds is 2. The first kappa shape index (κ1) is 13.1. The fourth-order valence-electron chi connectivity index (χ4n) is 1.59. The predicted molar refractivity (Wildman–Crippen MR) is 57.6 cm³/mol. The van der Waals surface area contributed by atoms with Crippen LogP contribution in [0.2, 0.25) is 0 Å². The minimum absolute atomic E-state index is 0.0300. The van der Waals surface area contributed by atoms with Crippen LogP contribution in [0, 0.1) is 18.6 Å². The Hall–Kier alpha value is -2.31. The standard InChI is InChI=1S/C12H9F2NO4/c1-6-4-9(14)7(5-8(6)13)12(18)19-15-10(16)2-3-11(15)17/h4-5H,2-3H2,1H3. The number of aryl methyl sites for hydroxylation is 1. The molecule has 0 unspecified atom stereocenters. The minimum atomic E-state index is -1.29. The Morgan fingerprint density at radius 2 is 1.74 bits per heavy atom. The van der Waals surface area contributed by atoms with Gasteiger partial charge in [-0.15, -0.1) is 5.06 Å². The summed E-state index contributed by atoms with van der Waals surface area (Å²) in [5, 5.41) is 0.277. The number of hydrogen-bond acceptors (Lipinski definition) is 4. The van der Waals surface area contributed by atoms with Crippen LogP contribution in [0.3, 0.4) is 0 Å². The van der Waals surface area contributed by atoms with Gasteiger partial charge in [-0.25, -0.2) is 13.6 Å². The summed E-state index contributed by atoms with van der Waals surface area (Å²) in [6.45, 7) is 1.33. The van der Waals surface area contributed by atoms with Crippen molar-refractivity contribution < 1.29 is 28.0 Å². The van der Waals surface area contributed by atoms with Gasteiger partial charge in [-0.05, 0) is 24.6 Å².